The molecule has 0 spiro atoms. The second-order valence-electron chi connectivity index (χ2n) is 5.15. The lowest BCUT2D eigenvalue weighted by Gasteiger charge is -2.24. The van der Waals surface area contributed by atoms with Crippen LogP contribution >= 0.6 is 0 Å². The molecule has 0 atom stereocenters. The molecule has 3 rings (SSSR count). The summed E-state index contributed by atoms with van der Waals surface area (Å²) in [5.74, 6) is 0.199. The topological polar surface area (TPSA) is 20.3 Å². The molecule has 0 radical (unpaired) electrons. The molecular formula is C17H17NO. The average molecular weight is 251 g/mol. The highest BCUT2D eigenvalue weighted by molar-refractivity contribution is 6.02. The van der Waals surface area contributed by atoms with Gasteiger partial charge in [0, 0.05) is 12.7 Å². The highest BCUT2D eigenvalue weighted by atomic mass is 16.2. The first-order valence-electron chi connectivity index (χ1n) is 6.63. The van der Waals surface area contributed by atoms with Gasteiger partial charge < -0.3 is 4.90 Å². The Morgan fingerprint density at radius 1 is 0.947 bits per heavy atom. The fourth-order valence-electron chi connectivity index (χ4n) is 2.60. The summed E-state index contributed by atoms with van der Waals surface area (Å²) in [5, 5.41) is 0. The second-order valence-corrected chi connectivity index (χ2v) is 5.15. The maximum absolute atomic E-state index is 12.8. The normalized spacial score (nSPS) is 15.8. The van der Waals surface area contributed by atoms with Gasteiger partial charge in [-0.05, 0) is 30.5 Å². The molecule has 2 aromatic carbocycles. The van der Waals surface area contributed by atoms with E-state index in [1.807, 2.05) is 55.6 Å². The van der Waals surface area contributed by atoms with Gasteiger partial charge in [-0.15, -0.1) is 0 Å². The van der Waals surface area contributed by atoms with Gasteiger partial charge in [0.1, 0.15) is 0 Å². The van der Waals surface area contributed by atoms with Gasteiger partial charge >= 0.3 is 0 Å². The molecule has 2 nitrogen and oxygen atoms in total. The summed E-state index contributed by atoms with van der Waals surface area (Å²) < 4.78 is 0. The number of hydrogen-bond donors (Lipinski definition) is 0. The van der Waals surface area contributed by atoms with Gasteiger partial charge in [0.2, 0.25) is 5.91 Å². The van der Waals surface area contributed by atoms with Gasteiger partial charge in [-0.25, -0.2) is 0 Å². The van der Waals surface area contributed by atoms with E-state index in [1.54, 1.807) is 4.90 Å². The van der Waals surface area contributed by atoms with Crippen LogP contribution in [-0.4, -0.2) is 13.0 Å². The summed E-state index contributed by atoms with van der Waals surface area (Å²) in [5.41, 5.74) is 1.81. The summed E-state index contributed by atoms with van der Waals surface area (Å²) in [6.07, 6.45) is 1.90. The number of benzene rings is 2. The molecule has 0 aliphatic heterocycles. The fraction of sp³-hybridized carbons (Fsp3) is 0.235. The highest BCUT2D eigenvalue weighted by Crippen LogP contribution is 2.49. The van der Waals surface area contributed by atoms with Gasteiger partial charge in [0.25, 0.3) is 0 Å². The van der Waals surface area contributed by atoms with E-state index in [1.165, 1.54) is 0 Å². The molecule has 0 unspecified atom stereocenters. The zero-order valence-electron chi connectivity index (χ0n) is 11.0. The Morgan fingerprint density at radius 3 is 2.00 bits per heavy atom. The minimum atomic E-state index is -0.286. The van der Waals surface area contributed by atoms with Crippen molar-refractivity contribution < 1.29 is 4.79 Å². The van der Waals surface area contributed by atoms with Crippen LogP contribution in [0.4, 0.5) is 5.69 Å². The summed E-state index contributed by atoms with van der Waals surface area (Å²) in [4.78, 5) is 14.5. The number of hydrogen-bond acceptors (Lipinski definition) is 1. The van der Waals surface area contributed by atoms with Crippen LogP contribution < -0.4 is 4.90 Å². The Kier molecular flexibility index (Phi) is 2.86. The van der Waals surface area contributed by atoms with E-state index >= 15 is 0 Å². The molecule has 19 heavy (non-hydrogen) atoms. The quantitative estimate of drug-likeness (QED) is 0.819. The third-order valence-corrected chi connectivity index (χ3v) is 3.93. The molecule has 1 amide bonds. The first kappa shape index (κ1) is 12.0. The lowest BCUT2D eigenvalue weighted by molar-refractivity contribution is -0.120. The van der Waals surface area contributed by atoms with E-state index < -0.39 is 0 Å². The lowest BCUT2D eigenvalue weighted by Crippen LogP contribution is -2.36. The summed E-state index contributed by atoms with van der Waals surface area (Å²) in [7, 11) is 1.86. The van der Waals surface area contributed by atoms with Crippen LogP contribution in [0, 0.1) is 0 Å². The third-order valence-electron chi connectivity index (χ3n) is 3.93. The standard InChI is InChI=1S/C17H17NO/c1-18(15-10-6-3-7-11-15)16(19)17(12-13-17)14-8-4-2-5-9-14/h2-11H,12-13H2,1H3. The first-order valence-corrected chi connectivity index (χ1v) is 6.63. The summed E-state index contributed by atoms with van der Waals surface area (Å²) >= 11 is 0. The highest BCUT2D eigenvalue weighted by Gasteiger charge is 2.52. The number of para-hydroxylation sites is 1. The van der Waals surface area contributed by atoms with Gasteiger partial charge in [-0.1, -0.05) is 48.5 Å². The Hall–Kier alpha value is -2.09. The maximum Gasteiger partial charge on any atom is 0.237 e. The number of nitrogens with zero attached hydrogens (tertiary/aromatic N) is 1. The second kappa shape index (κ2) is 4.54. The molecule has 0 bridgehead atoms. The van der Waals surface area contributed by atoms with Crippen molar-refractivity contribution in [1.29, 1.82) is 0 Å². The van der Waals surface area contributed by atoms with E-state index in [4.69, 9.17) is 0 Å². The molecule has 2 aromatic rings. The van der Waals surface area contributed by atoms with Crippen molar-refractivity contribution in [1.82, 2.24) is 0 Å². The minimum Gasteiger partial charge on any atom is -0.315 e. The van der Waals surface area contributed by atoms with E-state index in [0.717, 1.165) is 24.1 Å². The number of amides is 1. The summed E-state index contributed by atoms with van der Waals surface area (Å²) in [6.45, 7) is 0. The lowest BCUT2D eigenvalue weighted by atomic mass is 9.94. The number of carbonyl (C=O) groups is 1. The van der Waals surface area contributed by atoms with Crippen molar-refractivity contribution in [2.45, 2.75) is 18.3 Å². The van der Waals surface area contributed by atoms with Gasteiger partial charge in [-0.2, -0.15) is 0 Å². The van der Waals surface area contributed by atoms with Crippen LogP contribution in [0.25, 0.3) is 0 Å². The van der Waals surface area contributed by atoms with E-state index in [-0.39, 0.29) is 11.3 Å². The molecular weight excluding hydrogens is 234 g/mol. The molecule has 0 N–H and O–H groups in total. The van der Waals surface area contributed by atoms with Crippen molar-refractivity contribution in [3.05, 3.63) is 66.2 Å². The Balaban J connectivity index is 1.89. The molecule has 0 heterocycles. The average Bonchev–Trinajstić information content (AvgIpc) is 3.29. The van der Waals surface area contributed by atoms with Crippen LogP contribution in [0.3, 0.4) is 0 Å². The van der Waals surface area contributed by atoms with Crippen molar-refractivity contribution >= 4 is 11.6 Å². The van der Waals surface area contributed by atoms with E-state index in [0.29, 0.717) is 0 Å². The maximum atomic E-state index is 12.8. The smallest absolute Gasteiger partial charge is 0.237 e. The Morgan fingerprint density at radius 2 is 1.47 bits per heavy atom. The van der Waals surface area contributed by atoms with Gasteiger partial charge in [0.15, 0.2) is 0 Å². The molecule has 1 saturated carbocycles. The van der Waals surface area contributed by atoms with Crippen molar-refractivity contribution in [2.24, 2.45) is 0 Å². The predicted molar refractivity (Wildman–Crippen MR) is 77.2 cm³/mol. The molecule has 2 heteroatoms. The number of rotatable bonds is 3. The zero-order valence-corrected chi connectivity index (χ0v) is 11.0. The third kappa shape index (κ3) is 2.03. The van der Waals surface area contributed by atoms with Crippen molar-refractivity contribution in [3.63, 3.8) is 0 Å². The largest absolute Gasteiger partial charge is 0.315 e. The zero-order chi connectivity index (χ0) is 13.3. The van der Waals surface area contributed by atoms with Crippen LogP contribution in [0.15, 0.2) is 60.7 Å². The van der Waals surface area contributed by atoms with Crippen LogP contribution in [-0.2, 0) is 10.2 Å². The fourth-order valence-corrected chi connectivity index (χ4v) is 2.60. The number of anilines is 1. The van der Waals surface area contributed by atoms with Crippen LogP contribution in [0.5, 0.6) is 0 Å². The first-order chi connectivity index (χ1) is 9.24. The molecule has 1 fully saturated rings. The number of likely N-dealkylation sites (N-methyl/N-ethyl adjacent to an activating group) is 1. The Labute approximate surface area is 113 Å². The molecule has 1 aliphatic rings. The Bertz CT molecular complexity index is 573. The number of carbonyl (C=O) groups excluding carboxylic acids is 1. The molecule has 1 aliphatic carbocycles. The molecule has 0 aromatic heterocycles. The molecule has 96 valence electrons. The van der Waals surface area contributed by atoms with Gasteiger partial charge in [-0.3, -0.25) is 4.79 Å². The monoisotopic (exact) mass is 251 g/mol. The van der Waals surface area contributed by atoms with Gasteiger partial charge in [0.05, 0.1) is 5.41 Å². The van der Waals surface area contributed by atoms with Crippen LogP contribution in [0.2, 0.25) is 0 Å². The van der Waals surface area contributed by atoms with Crippen molar-refractivity contribution in [2.75, 3.05) is 11.9 Å². The predicted octanol–water partition coefficient (Wildman–Crippen LogP) is 3.38. The van der Waals surface area contributed by atoms with E-state index in [9.17, 15) is 4.79 Å². The van der Waals surface area contributed by atoms with Crippen molar-refractivity contribution in [3.8, 4) is 0 Å². The van der Waals surface area contributed by atoms with Crippen LogP contribution in [0.1, 0.15) is 18.4 Å². The molecule has 0 saturated heterocycles. The summed E-state index contributed by atoms with van der Waals surface area (Å²) in [6, 6.07) is 19.9. The SMILES string of the molecule is CN(C(=O)C1(c2ccccc2)CC1)c1ccccc1. The minimum absolute atomic E-state index is 0.199. The van der Waals surface area contributed by atoms with E-state index in [2.05, 4.69) is 12.1 Å².